The quantitative estimate of drug-likeness (QED) is 0.413. The third-order valence-electron chi connectivity index (χ3n) is 5.77. The van der Waals surface area contributed by atoms with Crippen molar-refractivity contribution in [3.05, 3.63) is 94.6 Å². The van der Waals surface area contributed by atoms with E-state index in [1.165, 1.54) is 0 Å². The van der Waals surface area contributed by atoms with E-state index in [4.69, 9.17) is 14.2 Å². The summed E-state index contributed by atoms with van der Waals surface area (Å²) < 4.78 is 18.1. The van der Waals surface area contributed by atoms with Gasteiger partial charge in [-0.3, -0.25) is 4.79 Å². The Morgan fingerprint density at radius 3 is 2.53 bits per heavy atom. The lowest BCUT2D eigenvalue weighted by Gasteiger charge is -2.29. The highest BCUT2D eigenvalue weighted by molar-refractivity contribution is 6.00. The summed E-state index contributed by atoms with van der Waals surface area (Å²) in [4.78, 5) is 13.2. The molecule has 0 saturated heterocycles. The largest absolute Gasteiger partial charge is 0.488 e. The van der Waals surface area contributed by atoms with Crippen LogP contribution in [-0.4, -0.2) is 23.1 Å². The van der Waals surface area contributed by atoms with E-state index in [0.717, 1.165) is 23.1 Å². The minimum atomic E-state index is -0.438. The number of aryl methyl sites for hydroxylation is 1. The van der Waals surface area contributed by atoms with Crippen LogP contribution in [0, 0.1) is 0 Å². The standard InChI is InChI=1S/C29H30O5/c1-4-20-10-12-23(27(16-20)32-18-21-8-6-5-7-9-21)25(31)19-33-28-22(17-30)11-13-26-24(28)14-15-29(2,3)34-26/h5-16,30H,4,17-19H2,1-3H3. The van der Waals surface area contributed by atoms with Crippen LogP contribution in [-0.2, 0) is 19.6 Å². The van der Waals surface area contributed by atoms with Gasteiger partial charge in [0.1, 0.15) is 29.5 Å². The molecular formula is C29H30O5. The zero-order valence-corrected chi connectivity index (χ0v) is 19.8. The van der Waals surface area contributed by atoms with Gasteiger partial charge in [-0.15, -0.1) is 0 Å². The summed E-state index contributed by atoms with van der Waals surface area (Å²) in [6.45, 7) is 5.97. The Bertz CT molecular complexity index is 1190. The number of carbonyl (C=O) groups is 1. The highest BCUT2D eigenvalue weighted by Gasteiger charge is 2.25. The van der Waals surface area contributed by atoms with E-state index >= 15 is 0 Å². The van der Waals surface area contributed by atoms with Gasteiger partial charge >= 0.3 is 0 Å². The number of ketones is 1. The van der Waals surface area contributed by atoms with Crippen molar-refractivity contribution < 1.29 is 24.1 Å². The van der Waals surface area contributed by atoms with E-state index in [0.29, 0.717) is 35.0 Å². The first-order valence-corrected chi connectivity index (χ1v) is 11.5. The fourth-order valence-electron chi connectivity index (χ4n) is 3.86. The lowest BCUT2D eigenvalue weighted by molar-refractivity contribution is 0.0913. The minimum absolute atomic E-state index is 0.187. The van der Waals surface area contributed by atoms with Crippen molar-refractivity contribution in [1.29, 1.82) is 0 Å². The topological polar surface area (TPSA) is 65.0 Å². The molecule has 0 aliphatic carbocycles. The van der Waals surface area contributed by atoms with Crippen LogP contribution in [0.15, 0.2) is 66.7 Å². The summed E-state index contributed by atoms with van der Waals surface area (Å²) in [7, 11) is 0. The van der Waals surface area contributed by atoms with Crippen LogP contribution < -0.4 is 14.2 Å². The molecule has 1 N–H and O–H groups in total. The average Bonchev–Trinajstić information content (AvgIpc) is 2.85. The highest BCUT2D eigenvalue weighted by atomic mass is 16.5. The van der Waals surface area contributed by atoms with Crippen molar-refractivity contribution in [2.24, 2.45) is 0 Å². The lowest BCUT2D eigenvalue weighted by Crippen LogP contribution is -2.27. The molecule has 5 nitrogen and oxygen atoms in total. The van der Waals surface area contributed by atoms with Gasteiger partial charge in [0.15, 0.2) is 6.61 Å². The van der Waals surface area contributed by atoms with Gasteiger partial charge < -0.3 is 19.3 Å². The number of aliphatic hydroxyl groups excluding tert-OH is 1. The summed E-state index contributed by atoms with van der Waals surface area (Å²) in [5.74, 6) is 1.45. The molecule has 1 heterocycles. The van der Waals surface area contributed by atoms with Gasteiger partial charge in [0.2, 0.25) is 5.78 Å². The monoisotopic (exact) mass is 458 g/mol. The molecule has 0 atom stereocenters. The van der Waals surface area contributed by atoms with Crippen LogP contribution in [0.2, 0.25) is 0 Å². The van der Waals surface area contributed by atoms with E-state index in [-0.39, 0.29) is 19.0 Å². The van der Waals surface area contributed by atoms with Gasteiger partial charge in [-0.2, -0.15) is 0 Å². The molecule has 0 bridgehead atoms. The lowest BCUT2D eigenvalue weighted by atomic mass is 9.99. The zero-order chi connectivity index (χ0) is 24.1. The van der Waals surface area contributed by atoms with E-state index in [1.807, 2.05) is 74.5 Å². The van der Waals surface area contributed by atoms with Crippen LogP contribution in [0.5, 0.6) is 17.2 Å². The molecule has 0 spiro atoms. The summed E-state index contributed by atoms with van der Waals surface area (Å²) >= 11 is 0. The Labute approximate surface area is 200 Å². The molecule has 5 heteroatoms. The fourth-order valence-corrected chi connectivity index (χ4v) is 3.86. The van der Waals surface area contributed by atoms with Crippen molar-refractivity contribution >= 4 is 11.9 Å². The second kappa shape index (κ2) is 10.1. The first-order valence-electron chi connectivity index (χ1n) is 11.5. The Hall–Kier alpha value is -3.57. The SMILES string of the molecule is CCc1ccc(C(=O)COc2c(CO)ccc3c2C=CC(C)(C)O3)c(OCc2ccccc2)c1. The smallest absolute Gasteiger partial charge is 0.203 e. The van der Waals surface area contributed by atoms with Gasteiger partial charge in [0.25, 0.3) is 0 Å². The van der Waals surface area contributed by atoms with Crippen LogP contribution in [0.3, 0.4) is 0 Å². The van der Waals surface area contributed by atoms with Gasteiger partial charge in [0.05, 0.1) is 17.7 Å². The molecule has 4 rings (SSSR count). The predicted molar refractivity (Wildman–Crippen MR) is 133 cm³/mol. The molecule has 0 amide bonds. The van der Waals surface area contributed by atoms with E-state index < -0.39 is 5.60 Å². The second-order valence-electron chi connectivity index (χ2n) is 8.83. The molecule has 1 aliphatic rings. The normalized spacial score (nSPS) is 13.6. The maximum atomic E-state index is 13.2. The Kier molecular flexibility index (Phi) is 7.03. The second-order valence-corrected chi connectivity index (χ2v) is 8.83. The Balaban J connectivity index is 1.56. The number of Topliss-reactive ketones (excluding diaryl/α,β-unsaturated/α-hetero) is 1. The summed E-state index contributed by atoms with van der Waals surface area (Å²) in [6, 6.07) is 19.1. The maximum Gasteiger partial charge on any atom is 0.203 e. The third kappa shape index (κ3) is 5.32. The van der Waals surface area contributed by atoms with E-state index in [1.54, 1.807) is 12.1 Å². The van der Waals surface area contributed by atoms with Crippen molar-refractivity contribution in [3.63, 3.8) is 0 Å². The van der Waals surface area contributed by atoms with Crippen LogP contribution in [0.25, 0.3) is 6.08 Å². The van der Waals surface area contributed by atoms with Crippen molar-refractivity contribution in [2.45, 2.75) is 46.0 Å². The number of carbonyl (C=O) groups excluding carboxylic acids is 1. The third-order valence-corrected chi connectivity index (χ3v) is 5.77. The van der Waals surface area contributed by atoms with Crippen molar-refractivity contribution in [1.82, 2.24) is 0 Å². The van der Waals surface area contributed by atoms with Crippen LogP contribution in [0.1, 0.15) is 53.4 Å². The van der Waals surface area contributed by atoms with Crippen LogP contribution in [0.4, 0.5) is 0 Å². The number of aliphatic hydroxyl groups is 1. The van der Waals surface area contributed by atoms with E-state index in [9.17, 15) is 9.90 Å². The fraction of sp³-hybridized carbons (Fsp3) is 0.276. The molecule has 0 radical (unpaired) electrons. The summed E-state index contributed by atoms with van der Waals surface area (Å²) in [6.07, 6.45) is 4.69. The van der Waals surface area contributed by atoms with E-state index in [2.05, 4.69) is 6.92 Å². The molecule has 3 aromatic carbocycles. The average molecular weight is 459 g/mol. The highest BCUT2D eigenvalue weighted by Crippen LogP contribution is 2.39. The van der Waals surface area contributed by atoms with Gasteiger partial charge in [0, 0.05) is 5.56 Å². The van der Waals surface area contributed by atoms with Gasteiger partial charge in [-0.05, 0) is 67.8 Å². The maximum absolute atomic E-state index is 13.2. The van der Waals surface area contributed by atoms with Gasteiger partial charge in [-0.1, -0.05) is 43.3 Å². The summed E-state index contributed by atoms with van der Waals surface area (Å²) in [5, 5.41) is 9.84. The molecular weight excluding hydrogens is 428 g/mol. The molecule has 3 aromatic rings. The van der Waals surface area contributed by atoms with Crippen LogP contribution >= 0.6 is 0 Å². The Morgan fingerprint density at radius 2 is 1.79 bits per heavy atom. The number of ether oxygens (including phenoxy) is 3. The molecule has 34 heavy (non-hydrogen) atoms. The zero-order valence-electron chi connectivity index (χ0n) is 19.8. The molecule has 0 unspecified atom stereocenters. The molecule has 0 aromatic heterocycles. The Morgan fingerprint density at radius 1 is 1.00 bits per heavy atom. The molecule has 176 valence electrons. The molecule has 0 saturated carbocycles. The molecule has 1 aliphatic heterocycles. The van der Waals surface area contributed by atoms with Crippen molar-refractivity contribution in [3.8, 4) is 17.2 Å². The van der Waals surface area contributed by atoms with Crippen molar-refractivity contribution in [2.75, 3.05) is 6.61 Å². The predicted octanol–water partition coefficient (Wildman–Crippen LogP) is 5.77. The number of benzene rings is 3. The number of rotatable bonds is 9. The number of fused-ring (bicyclic) bond motifs is 1. The molecule has 0 fully saturated rings. The first-order chi connectivity index (χ1) is 16.4. The number of hydrogen-bond acceptors (Lipinski definition) is 5. The number of hydrogen-bond donors (Lipinski definition) is 1. The first kappa shape index (κ1) is 23.6. The van der Waals surface area contributed by atoms with Gasteiger partial charge in [-0.25, -0.2) is 0 Å². The summed E-state index contributed by atoms with van der Waals surface area (Å²) in [5.41, 5.74) is 3.47. The minimum Gasteiger partial charge on any atom is -0.488 e.